The third kappa shape index (κ3) is 6.55. The molecule has 29 heavy (non-hydrogen) atoms. The molecule has 1 aliphatic rings. The highest BCUT2D eigenvalue weighted by atomic mass is 16.5. The Bertz CT molecular complexity index is 708. The van der Waals surface area contributed by atoms with E-state index in [0.717, 1.165) is 25.9 Å². The number of likely N-dealkylation sites (tertiary alicyclic amines) is 1. The first-order valence-electron chi connectivity index (χ1n) is 9.74. The van der Waals surface area contributed by atoms with E-state index in [4.69, 9.17) is 24.7 Å². The fourth-order valence-electron chi connectivity index (χ4n) is 3.31. The van der Waals surface area contributed by atoms with E-state index in [1.54, 1.807) is 19.1 Å². The highest BCUT2D eigenvalue weighted by Crippen LogP contribution is 2.38. The van der Waals surface area contributed by atoms with E-state index < -0.39 is 0 Å². The van der Waals surface area contributed by atoms with Crippen LogP contribution in [0.1, 0.15) is 25.7 Å². The van der Waals surface area contributed by atoms with Crippen molar-refractivity contribution in [2.75, 3.05) is 46.9 Å². The Kier molecular flexibility index (Phi) is 9.07. The number of methoxy groups -OCH3 is 2. The highest BCUT2D eigenvalue weighted by molar-refractivity contribution is 5.78. The van der Waals surface area contributed by atoms with Gasteiger partial charge in [0.05, 0.1) is 45.7 Å². The third-order valence-corrected chi connectivity index (χ3v) is 4.90. The molecule has 1 saturated heterocycles. The molecule has 8 nitrogen and oxygen atoms in total. The number of rotatable bonds is 10. The summed E-state index contributed by atoms with van der Waals surface area (Å²) in [5.41, 5.74) is 0. The van der Waals surface area contributed by atoms with Crippen LogP contribution in [0, 0.1) is 22.7 Å². The van der Waals surface area contributed by atoms with Crippen LogP contribution < -0.4 is 14.2 Å². The van der Waals surface area contributed by atoms with Crippen molar-refractivity contribution in [3.63, 3.8) is 0 Å². The number of hydrogen-bond donors (Lipinski definition) is 0. The number of para-hydroxylation sites is 1. The molecule has 0 bridgehead atoms. The van der Waals surface area contributed by atoms with Crippen LogP contribution >= 0.6 is 0 Å². The number of nitrogens with zero attached hydrogens (tertiary/aromatic N) is 4. The molecule has 1 heterocycles. The maximum absolute atomic E-state index is 12.6. The number of amides is 1. The Hall–Kier alpha value is -2.97. The first-order valence-corrected chi connectivity index (χ1v) is 9.74. The zero-order chi connectivity index (χ0) is 21.1. The molecule has 0 saturated carbocycles. The molecule has 0 atom stereocenters. The second-order valence-electron chi connectivity index (χ2n) is 6.78. The van der Waals surface area contributed by atoms with Gasteiger partial charge in [0.2, 0.25) is 11.7 Å². The summed E-state index contributed by atoms with van der Waals surface area (Å²) in [5, 5.41) is 17.5. The minimum absolute atomic E-state index is 0.0137. The summed E-state index contributed by atoms with van der Waals surface area (Å²) >= 11 is 0. The summed E-state index contributed by atoms with van der Waals surface area (Å²) in [5.74, 6) is 1.83. The van der Waals surface area contributed by atoms with Crippen molar-refractivity contribution in [1.82, 2.24) is 9.80 Å². The van der Waals surface area contributed by atoms with Crippen molar-refractivity contribution in [3.8, 4) is 29.4 Å². The molecule has 8 heteroatoms. The van der Waals surface area contributed by atoms with E-state index in [1.807, 2.05) is 18.2 Å². The molecule has 156 valence electrons. The number of piperidine rings is 1. The lowest BCUT2D eigenvalue weighted by molar-refractivity contribution is -0.132. The Labute approximate surface area is 172 Å². The van der Waals surface area contributed by atoms with Gasteiger partial charge in [-0.05, 0) is 25.0 Å². The normalized spacial score (nSPS) is 14.5. The number of benzene rings is 1. The average molecular weight is 400 g/mol. The maximum atomic E-state index is 12.6. The highest BCUT2D eigenvalue weighted by Gasteiger charge is 2.25. The molecule has 1 aromatic carbocycles. The fourth-order valence-corrected chi connectivity index (χ4v) is 3.31. The Morgan fingerprint density at radius 2 is 1.66 bits per heavy atom. The molecule has 1 fully saturated rings. The predicted octanol–water partition coefficient (Wildman–Crippen LogP) is 2.20. The predicted molar refractivity (Wildman–Crippen MR) is 107 cm³/mol. The first-order chi connectivity index (χ1) is 14.1. The monoisotopic (exact) mass is 400 g/mol. The number of carbonyl (C=O) groups excluding carboxylic acids is 1. The van der Waals surface area contributed by atoms with E-state index in [2.05, 4.69) is 17.0 Å². The van der Waals surface area contributed by atoms with Gasteiger partial charge in [0, 0.05) is 26.2 Å². The number of carbonyl (C=O) groups is 1. The molecule has 0 N–H and O–H groups in total. The summed E-state index contributed by atoms with van der Waals surface area (Å²) < 4.78 is 16.9. The second-order valence-corrected chi connectivity index (χ2v) is 6.78. The molecule has 2 rings (SSSR count). The first kappa shape index (κ1) is 22.3. The smallest absolute Gasteiger partial charge is 0.236 e. The summed E-state index contributed by atoms with van der Waals surface area (Å²) in [6.07, 6.45) is 2.12. The van der Waals surface area contributed by atoms with Gasteiger partial charge in [-0.3, -0.25) is 9.69 Å². The molecule has 1 aliphatic heterocycles. The summed E-state index contributed by atoms with van der Waals surface area (Å²) in [6, 6.07) is 9.63. The minimum Gasteiger partial charge on any atom is -0.493 e. The minimum atomic E-state index is -0.0405. The molecular formula is C21H28N4O4. The molecule has 0 unspecified atom stereocenters. The van der Waals surface area contributed by atoms with E-state index >= 15 is 0 Å². The van der Waals surface area contributed by atoms with Crippen LogP contribution in [0.2, 0.25) is 0 Å². The molecule has 0 radical (unpaired) electrons. The number of nitriles is 2. The number of hydrogen-bond acceptors (Lipinski definition) is 7. The van der Waals surface area contributed by atoms with Gasteiger partial charge in [-0.2, -0.15) is 10.5 Å². The maximum Gasteiger partial charge on any atom is 0.236 e. The molecule has 1 aromatic rings. The Morgan fingerprint density at radius 3 is 2.14 bits per heavy atom. The average Bonchev–Trinajstić information content (AvgIpc) is 2.75. The van der Waals surface area contributed by atoms with Crippen LogP contribution in [0.4, 0.5) is 0 Å². The summed E-state index contributed by atoms with van der Waals surface area (Å²) in [6.45, 7) is 2.49. The molecule has 1 amide bonds. The van der Waals surface area contributed by atoms with Crippen LogP contribution in [0.25, 0.3) is 0 Å². The third-order valence-electron chi connectivity index (χ3n) is 4.90. The number of ether oxygens (including phenoxy) is 3. The Morgan fingerprint density at radius 1 is 1.10 bits per heavy atom. The second kappa shape index (κ2) is 11.8. The zero-order valence-corrected chi connectivity index (χ0v) is 17.1. The largest absolute Gasteiger partial charge is 0.493 e. The SMILES string of the molecule is COc1cccc(OC)c1OC1CCN(CC(=O)N(CCC#N)CCC#N)CC1. The zero-order valence-electron chi connectivity index (χ0n) is 17.1. The quantitative estimate of drug-likeness (QED) is 0.594. The molecule has 0 aliphatic carbocycles. The van der Waals surface area contributed by atoms with E-state index in [0.29, 0.717) is 36.9 Å². The van der Waals surface area contributed by atoms with Crippen LogP contribution in [0.5, 0.6) is 17.2 Å². The lowest BCUT2D eigenvalue weighted by atomic mass is 10.1. The van der Waals surface area contributed by atoms with Gasteiger partial charge in [0.15, 0.2) is 11.5 Å². The van der Waals surface area contributed by atoms with Crippen molar-refractivity contribution in [2.24, 2.45) is 0 Å². The summed E-state index contributed by atoms with van der Waals surface area (Å²) in [4.78, 5) is 16.3. The van der Waals surface area contributed by atoms with Crippen molar-refractivity contribution < 1.29 is 19.0 Å². The summed E-state index contributed by atoms with van der Waals surface area (Å²) in [7, 11) is 3.19. The standard InChI is InChI=1S/C21H28N4O4/c1-27-18-6-3-7-19(28-2)21(18)29-17-8-14-24(15-9-17)16-20(26)25(12-4-10-22)13-5-11-23/h3,6-7,17H,4-5,8-9,12-16H2,1-2H3. The molecule has 0 spiro atoms. The van der Waals surface area contributed by atoms with Crippen molar-refractivity contribution in [2.45, 2.75) is 31.8 Å². The Balaban J connectivity index is 1.88. The molecular weight excluding hydrogens is 372 g/mol. The molecule has 0 aromatic heterocycles. The van der Waals surface area contributed by atoms with E-state index in [-0.39, 0.29) is 24.9 Å². The fraction of sp³-hybridized carbons (Fsp3) is 0.571. The topological polar surface area (TPSA) is 98.8 Å². The van der Waals surface area contributed by atoms with Gasteiger partial charge in [0.1, 0.15) is 6.10 Å². The van der Waals surface area contributed by atoms with E-state index in [9.17, 15) is 4.79 Å². The lowest BCUT2D eigenvalue weighted by Crippen LogP contribution is -2.45. The van der Waals surface area contributed by atoms with Crippen LogP contribution in [0.3, 0.4) is 0 Å². The lowest BCUT2D eigenvalue weighted by Gasteiger charge is -2.33. The van der Waals surface area contributed by atoms with Gasteiger partial charge in [-0.1, -0.05) is 6.07 Å². The van der Waals surface area contributed by atoms with Gasteiger partial charge < -0.3 is 19.1 Å². The van der Waals surface area contributed by atoms with Gasteiger partial charge >= 0.3 is 0 Å². The van der Waals surface area contributed by atoms with Crippen LogP contribution in [-0.4, -0.2) is 68.8 Å². The van der Waals surface area contributed by atoms with Crippen molar-refractivity contribution >= 4 is 5.91 Å². The van der Waals surface area contributed by atoms with Gasteiger partial charge in [-0.25, -0.2) is 0 Å². The van der Waals surface area contributed by atoms with Crippen LogP contribution in [0.15, 0.2) is 18.2 Å². The van der Waals surface area contributed by atoms with Gasteiger partial charge in [-0.15, -0.1) is 0 Å². The van der Waals surface area contributed by atoms with Crippen molar-refractivity contribution in [1.29, 1.82) is 10.5 Å². The van der Waals surface area contributed by atoms with Gasteiger partial charge in [0.25, 0.3) is 0 Å². The van der Waals surface area contributed by atoms with Crippen molar-refractivity contribution in [3.05, 3.63) is 18.2 Å². The van der Waals surface area contributed by atoms with Crippen LogP contribution in [-0.2, 0) is 4.79 Å². The van der Waals surface area contributed by atoms with E-state index in [1.165, 1.54) is 0 Å².